The molecule has 0 amide bonds. The molecule has 6 nitrogen and oxygen atoms in total. The van der Waals surface area contributed by atoms with Crippen molar-refractivity contribution >= 4 is 32.2 Å². The van der Waals surface area contributed by atoms with Crippen molar-refractivity contribution in [2.45, 2.75) is 25.2 Å². The number of carbonyl (C=O) groups is 1. The molecular weight excluding hydrogens is 360 g/mol. The average Bonchev–Trinajstić information content (AvgIpc) is 2.59. The SMILES string of the molecule is CC(NC[C@@H](O)CP(=O)(O)Cc1ccccc1)c1cccc(C(=O)O)c1.[LiH]. The maximum atomic E-state index is 12.3. The Labute approximate surface area is 171 Å². The van der Waals surface area contributed by atoms with Crippen LogP contribution in [0.3, 0.4) is 0 Å². The van der Waals surface area contributed by atoms with Crippen molar-refractivity contribution in [1.82, 2.24) is 5.32 Å². The van der Waals surface area contributed by atoms with Gasteiger partial charge in [0, 0.05) is 18.7 Å². The third kappa shape index (κ3) is 8.02. The van der Waals surface area contributed by atoms with Crippen molar-refractivity contribution in [3.8, 4) is 0 Å². The average molecular weight is 385 g/mol. The van der Waals surface area contributed by atoms with Crippen LogP contribution in [0.1, 0.15) is 34.5 Å². The van der Waals surface area contributed by atoms with Crippen LogP contribution in [0.5, 0.6) is 0 Å². The van der Waals surface area contributed by atoms with Crippen LogP contribution in [-0.2, 0) is 10.7 Å². The summed E-state index contributed by atoms with van der Waals surface area (Å²) >= 11 is 0. The van der Waals surface area contributed by atoms with Gasteiger partial charge in [-0.3, -0.25) is 4.57 Å². The fourth-order valence-corrected chi connectivity index (χ4v) is 4.40. The first-order valence-corrected chi connectivity index (χ1v) is 10.4. The fraction of sp³-hybridized carbons (Fsp3) is 0.316. The van der Waals surface area contributed by atoms with Crippen LogP contribution < -0.4 is 5.32 Å². The molecule has 0 heterocycles. The number of benzene rings is 2. The van der Waals surface area contributed by atoms with E-state index >= 15 is 0 Å². The van der Waals surface area contributed by atoms with E-state index in [0.717, 1.165) is 11.1 Å². The van der Waals surface area contributed by atoms with Gasteiger partial charge in [-0.15, -0.1) is 0 Å². The van der Waals surface area contributed by atoms with Gasteiger partial charge in [0.15, 0.2) is 0 Å². The summed E-state index contributed by atoms with van der Waals surface area (Å²) in [5.74, 6) is -0.999. The monoisotopic (exact) mass is 385 g/mol. The molecule has 2 aromatic rings. The molecule has 0 aliphatic rings. The second-order valence-electron chi connectivity index (χ2n) is 6.39. The van der Waals surface area contributed by atoms with Crippen molar-refractivity contribution in [1.29, 1.82) is 0 Å². The fourth-order valence-electron chi connectivity index (χ4n) is 2.70. The molecule has 0 radical (unpaired) electrons. The normalized spacial score (nSPS) is 15.2. The van der Waals surface area contributed by atoms with Crippen molar-refractivity contribution < 1.29 is 24.5 Å². The Bertz CT molecular complexity index is 787. The van der Waals surface area contributed by atoms with Crippen LogP contribution in [-0.4, -0.2) is 58.7 Å². The van der Waals surface area contributed by atoms with Gasteiger partial charge in [0.25, 0.3) is 0 Å². The Kier molecular flexibility index (Phi) is 9.48. The first-order valence-electron chi connectivity index (χ1n) is 8.36. The predicted molar refractivity (Wildman–Crippen MR) is 108 cm³/mol. The summed E-state index contributed by atoms with van der Waals surface area (Å²) in [4.78, 5) is 21.1. The van der Waals surface area contributed by atoms with Crippen LogP contribution in [0.2, 0.25) is 0 Å². The minimum absolute atomic E-state index is 0. The summed E-state index contributed by atoms with van der Waals surface area (Å²) in [7, 11) is -3.49. The molecule has 8 heteroatoms. The second-order valence-corrected chi connectivity index (χ2v) is 8.76. The Morgan fingerprint density at radius 1 is 1.15 bits per heavy atom. The minimum atomic E-state index is -3.49. The van der Waals surface area contributed by atoms with Gasteiger partial charge >= 0.3 is 24.8 Å². The van der Waals surface area contributed by atoms with Crippen LogP contribution in [0.4, 0.5) is 0 Å². The predicted octanol–water partition coefficient (Wildman–Crippen LogP) is 2.22. The number of aliphatic hydroxyl groups excluding tert-OH is 1. The molecule has 2 aromatic carbocycles. The van der Waals surface area contributed by atoms with Crippen LogP contribution in [0, 0.1) is 0 Å². The van der Waals surface area contributed by atoms with Gasteiger partial charge in [0.2, 0.25) is 7.37 Å². The van der Waals surface area contributed by atoms with E-state index in [4.69, 9.17) is 5.11 Å². The van der Waals surface area contributed by atoms with Gasteiger partial charge in [0.05, 0.1) is 17.8 Å². The number of rotatable bonds is 9. The van der Waals surface area contributed by atoms with E-state index in [1.54, 1.807) is 42.5 Å². The molecule has 142 valence electrons. The molecule has 0 saturated heterocycles. The zero-order chi connectivity index (χ0) is 19.2. The first kappa shape index (κ1) is 23.7. The molecule has 0 aliphatic carbocycles. The van der Waals surface area contributed by atoms with Crippen molar-refractivity contribution in [3.05, 3.63) is 71.3 Å². The van der Waals surface area contributed by atoms with E-state index in [-0.39, 0.29) is 49.3 Å². The molecule has 4 N–H and O–H groups in total. The maximum absolute atomic E-state index is 12.3. The molecular formula is C19H25LiNO5P. The van der Waals surface area contributed by atoms with Crippen molar-refractivity contribution in [2.24, 2.45) is 0 Å². The van der Waals surface area contributed by atoms with E-state index in [2.05, 4.69) is 5.32 Å². The number of aromatic carboxylic acids is 1. The molecule has 2 rings (SSSR count). The van der Waals surface area contributed by atoms with Crippen molar-refractivity contribution in [3.63, 3.8) is 0 Å². The quantitative estimate of drug-likeness (QED) is 0.390. The molecule has 0 aromatic heterocycles. The van der Waals surface area contributed by atoms with E-state index in [1.165, 1.54) is 6.07 Å². The Morgan fingerprint density at radius 3 is 2.44 bits per heavy atom. The van der Waals surface area contributed by atoms with Crippen LogP contribution >= 0.6 is 7.37 Å². The van der Waals surface area contributed by atoms with Gasteiger partial charge in [-0.1, -0.05) is 42.5 Å². The van der Waals surface area contributed by atoms with Gasteiger partial charge in [-0.2, -0.15) is 0 Å². The zero-order valence-electron chi connectivity index (χ0n) is 14.6. The van der Waals surface area contributed by atoms with Gasteiger partial charge < -0.3 is 20.4 Å². The third-order valence-electron chi connectivity index (χ3n) is 4.06. The number of hydrogen-bond acceptors (Lipinski definition) is 4. The Balaban J connectivity index is 0.00000364. The Morgan fingerprint density at radius 2 is 1.81 bits per heavy atom. The van der Waals surface area contributed by atoms with E-state index in [1.807, 2.05) is 13.0 Å². The summed E-state index contributed by atoms with van der Waals surface area (Å²) < 4.78 is 12.3. The molecule has 27 heavy (non-hydrogen) atoms. The van der Waals surface area contributed by atoms with Gasteiger partial charge in [0.1, 0.15) is 0 Å². The van der Waals surface area contributed by atoms with E-state index in [9.17, 15) is 19.4 Å². The molecule has 3 atom stereocenters. The Hall–Kier alpha value is -1.38. The molecule has 0 fully saturated rings. The van der Waals surface area contributed by atoms with Gasteiger partial charge in [-0.05, 0) is 30.2 Å². The number of aliphatic hydroxyl groups is 1. The summed E-state index contributed by atoms with van der Waals surface area (Å²) in [5, 5.41) is 22.2. The van der Waals surface area contributed by atoms with Crippen molar-refractivity contribution in [2.75, 3.05) is 12.7 Å². The van der Waals surface area contributed by atoms with E-state index < -0.39 is 19.4 Å². The standard InChI is InChI=1S/C19H24NO5P.Li.H/c1-14(16-8-5-9-17(10-16)19(22)23)20-11-18(21)13-26(24,25)12-15-6-3-2-4-7-15;;/h2-10,14,18,20-21H,11-13H2,1H3,(H,22,23)(H,24,25);;/t14?,18-;;/m1../s1. The number of hydrogen-bond donors (Lipinski definition) is 4. The van der Waals surface area contributed by atoms with E-state index in [0.29, 0.717) is 0 Å². The third-order valence-corrected chi connectivity index (χ3v) is 5.91. The van der Waals surface area contributed by atoms with Crippen LogP contribution in [0.25, 0.3) is 0 Å². The summed E-state index contributed by atoms with van der Waals surface area (Å²) in [6.45, 7) is 1.98. The number of carboxylic acids is 1. The topological polar surface area (TPSA) is 107 Å². The number of carboxylic acid groups (broad SMARTS) is 1. The molecule has 0 saturated carbocycles. The summed E-state index contributed by atoms with van der Waals surface area (Å²) in [6, 6.07) is 15.4. The molecule has 0 spiro atoms. The second kappa shape index (κ2) is 10.8. The zero-order valence-corrected chi connectivity index (χ0v) is 15.5. The van der Waals surface area contributed by atoms with Crippen LogP contribution in [0.15, 0.2) is 54.6 Å². The molecule has 0 aliphatic heterocycles. The molecule has 2 unspecified atom stereocenters. The molecule has 0 bridgehead atoms. The summed E-state index contributed by atoms with van der Waals surface area (Å²) in [5.41, 5.74) is 1.73. The van der Waals surface area contributed by atoms with Gasteiger partial charge in [-0.25, -0.2) is 4.79 Å². The first-order chi connectivity index (χ1) is 12.3. The number of nitrogens with one attached hydrogen (secondary N) is 1. The summed E-state index contributed by atoms with van der Waals surface area (Å²) in [6.07, 6.45) is -1.14.